The van der Waals surface area contributed by atoms with E-state index in [4.69, 9.17) is 5.73 Å². The van der Waals surface area contributed by atoms with Crippen LogP contribution in [-0.2, 0) is 0 Å². The molecular formula is C9H17N3O. The normalized spacial score (nSPS) is 29.0. The SMILES string of the molecule is CC1CCCC(/C=N/NC(N)=O)C1. The summed E-state index contributed by atoms with van der Waals surface area (Å²) in [6.07, 6.45) is 6.72. The van der Waals surface area contributed by atoms with Gasteiger partial charge in [0.15, 0.2) is 0 Å². The second-order valence-corrected chi connectivity index (χ2v) is 3.79. The lowest BCUT2D eigenvalue weighted by Gasteiger charge is -2.23. The summed E-state index contributed by atoms with van der Waals surface area (Å²) in [6.45, 7) is 2.25. The van der Waals surface area contributed by atoms with Crippen LogP contribution in [0.25, 0.3) is 0 Å². The number of urea groups is 1. The zero-order valence-electron chi connectivity index (χ0n) is 7.99. The number of amides is 2. The van der Waals surface area contributed by atoms with Crippen LogP contribution >= 0.6 is 0 Å². The topological polar surface area (TPSA) is 67.5 Å². The van der Waals surface area contributed by atoms with E-state index in [9.17, 15) is 4.79 Å². The summed E-state index contributed by atoms with van der Waals surface area (Å²) in [5.41, 5.74) is 7.09. The van der Waals surface area contributed by atoms with Crippen LogP contribution in [0.15, 0.2) is 5.10 Å². The van der Waals surface area contributed by atoms with Gasteiger partial charge in [-0.05, 0) is 24.7 Å². The van der Waals surface area contributed by atoms with Crippen molar-refractivity contribution < 1.29 is 4.79 Å². The minimum absolute atomic E-state index is 0.510. The molecule has 0 aromatic carbocycles. The van der Waals surface area contributed by atoms with Crippen LogP contribution in [-0.4, -0.2) is 12.2 Å². The first-order valence-corrected chi connectivity index (χ1v) is 4.77. The number of hydrazone groups is 1. The van der Waals surface area contributed by atoms with Crippen molar-refractivity contribution in [2.24, 2.45) is 22.7 Å². The fraction of sp³-hybridized carbons (Fsp3) is 0.778. The number of nitrogens with two attached hydrogens (primary N) is 1. The van der Waals surface area contributed by atoms with Crippen LogP contribution in [0.2, 0.25) is 0 Å². The largest absolute Gasteiger partial charge is 0.350 e. The molecule has 1 rings (SSSR count). The maximum absolute atomic E-state index is 10.3. The minimum atomic E-state index is -0.597. The van der Waals surface area contributed by atoms with Crippen molar-refractivity contribution in [1.82, 2.24) is 5.43 Å². The van der Waals surface area contributed by atoms with Gasteiger partial charge in [0.05, 0.1) is 0 Å². The van der Waals surface area contributed by atoms with E-state index in [1.54, 1.807) is 6.21 Å². The average molecular weight is 183 g/mol. The number of nitrogens with one attached hydrogen (secondary N) is 1. The van der Waals surface area contributed by atoms with Crippen LogP contribution in [0, 0.1) is 11.8 Å². The summed E-state index contributed by atoms with van der Waals surface area (Å²) in [5.74, 6) is 1.29. The van der Waals surface area contributed by atoms with E-state index < -0.39 is 6.03 Å². The highest BCUT2D eigenvalue weighted by molar-refractivity contribution is 5.73. The molecule has 1 aliphatic rings. The molecule has 4 nitrogen and oxygen atoms in total. The van der Waals surface area contributed by atoms with Gasteiger partial charge in [-0.2, -0.15) is 5.10 Å². The molecule has 4 heteroatoms. The molecule has 1 aliphatic carbocycles. The number of carbonyl (C=O) groups excluding carboxylic acids is 1. The van der Waals surface area contributed by atoms with Crippen molar-refractivity contribution >= 4 is 12.2 Å². The molecule has 1 saturated carbocycles. The number of hydrogen-bond acceptors (Lipinski definition) is 2. The molecule has 2 amide bonds. The molecule has 1 fully saturated rings. The average Bonchev–Trinajstić information content (AvgIpc) is 2.03. The van der Waals surface area contributed by atoms with E-state index in [-0.39, 0.29) is 0 Å². The fourth-order valence-corrected chi connectivity index (χ4v) is 1.82. The number of primary amides is 1. The molecule has 0 saturated heterocycles. The van der Waals surface area contributed by atoms with Gasteiger partial charge in [-0.3, -0.25) is 0 Å². The van der Waals surface area contributed by atoms with Gasteiger partial charge in [-0.25, -0.2) is 10.2 Å². The second kappa shape index (κ2) is 4.84. The van der Waals surface area contributed by atoms with Gasteiger partial charge in [0.25, 0.3) is 0 Å². The number of nitrogens with zero attached hydrogens (tertiary/aromatic N) is 1. The smallest absolute Gasteiger partial charge is 0.332 e. The van der Waals surface area contributed by atoms with Crippen molar-refractivity contribution in [2.75, 3.05) is 0 Å². The molecule has 0 aromatic rings. The Labute approximate surface area is 78.6 Å². The summed E-state index contributed by atoms with van der Waals surface area (Å²) >= 11 is 0. The zero-order valence-corrected chi connectivity index (χ0v) is 7.99. The summed E-state index contributed by atoms with van der Waals surface area (Å²) in [6, 6.07) is -0.597. The van der Waals surface area contributed by atoms with Crippen LogP contribution in [0.1, 0.15) is 32.6 Å². The van der Waals surface area contributed by atoms with Crippen molar-refractivity contribution in [3.63, 3.8) is 0 Å². The van der Waals surface area contributed by atoms with Crippen LogP contribution in [0.4, 0.5) is 4.79 Å². The van der Waals surface area contributed by atoms with Gasteiger partial charge in [-0.15, -0.1) is 0 Å². The van der Waals surface area contributed by atoms with Crippen molar-refractivity contribution in [2.45, 2.75) is 32.6 Å². The summed E-state index contributed by atoms with van der Waals surface area (Å²) in [4.78, 5) is 10.3. The second-order valence-electron chi connectivity index (χ2n) is 3.79. The molecule has 0 aromatic heterocycles. The maximum atomic E-state index is 10.3. The maximum Gasteiger partial charge on any atom is 0.332 e. The number of carbonyl (C=O) groups is 1. The van der Waals surface area contributed by atoms with Crippen LogP contribution < -0.4 is 11.2 Å². The van der Waals surface area contributed by atoms with Gasteiger partial charge in [0, 0.05) is 6.21 Å². The molecule has 0 bridgehead atoms. The third-order valence-electron chi connectivity index (χ3n) is 2.44. The van der Waals surface area contributed by atoms with Gasteiger partial charge < -0.3 is 5.73 Å². The molecule has 2 atom stereocenters. The molecule has 0 radical (unpaired) electrons. The molecule has 0 aliphatic heterocycles. The van der Waals surface area contributed by atoms with Crippen molar-refractivity contribution in [1.29, 1.82) is 0 Å². The molecule has 74 valence electrons. The third-order valence-corrected chi connectivity index (χ3v) is 2.44. The van der Waals surface area contributed by atoms with Gasteiger partial charge in [0.1, 0.15) is 0 Å². The summed E-state index contributed by atoms with van der Waals surface area (Å²) in [5, 5.41) is 3.78. The molecule has 2 unspecified atom stereocenters. The number of rotatable bonds is 2. The van der Waals surface area contributed by atoms with E-state index in [0.717, 1.165) is 5.92 Å². The molecule has 13 heavy (non-hydrogen) atoms. The Morgan fingerprint density at radius 1 is 1.62 bits per heavy atom. The summed E-state index contributed by atoms with van der Waals surface area (Å²) in [7, 11) is 0. The summed E-state index contributed by atoms with van der Waals surface area (Å²) < 4.78 is 0. The lowest BCUT2D eigenvalue weighted by atomic mass is 9.83. The zero-order chi connectivity index (χ0) is 9.68. The van der Waals surface area contributed by atoms with Crippen LogP contribution in [0.5, 0.6) is 0 Å². The monoisotopic (exact) mass is 183 g/mol. The van der Waals surface area contributed by atoms with E-state index in [1.165, 1.54) is 25.7 Å². The van der Waals surface area contributed by atoms with Gasteiger partial charge in [-0.1, -0.05) is 19.8 Å². The highest BCUT2D eigenvalue weighted by Gasteiger charge is 2.16. The predicted molar refractivity (Wildman–Crippen MR) is 52.3 cm³/mol. The van der Waals surface area contributed by atoms with Crippen LogP contribution in [0.3, 0.4) is 0 Å². The highest BCUT2D eigenvalue weighted by atomic mass is 16.2. The molecular weight excluding hydrogens is 166 g/mol. The van der Waals surface area contributed by atoms with Gasteiger partial charge in [0.2, 0.25) is 0 Å². The first-order chi connectivity index (χ1) is 6.18. The van der Waals surface area contributed by atoms with E-state index in [0.29, 0.717) is 5.92 Å². The Hall–Kier alpha value is -1.06. The lowest BCUT2D eigenvalue weighted by Crippen LogP contribution is -2.25. The Morgan fingerprint density at radius 3 is 3.00 bits per heavy atom. The highest BCUT2D eigenvalue weighted by Crippen LogP contribution is 2.26. The van der Waals surface area contributed by atoms with E-state index in [2.05, 4.69) is 17.5 Å². The molecule has 3 N–H and O–H groups in total. The first kappa shape index (κ1) is 10.0. The van der Waals surface area contributed by atoms with Gasteiger partial charge >= 0.3 is 6.03 Å². The third kappa shape index (κ3) is 3.92. The molecule has 0 spiro atoms. The van der Waals surface area contributed by atoms with E-state index in [1.807, 2.05) is 0 Å². The minimum Gasteiger partial charge on any atom is -0.350 e. The number of hydrogen-bond donors (Lipinski definition) is 2. The fourth-order valence-electron chi connectivity index (χ4n) is 1.82. The quantitative estimate of drug-likeness (QED) is 0.494. The Bertz CT molecular complexity index is 203. The van der Waals surface area contributed by atoms with Crippen molar-refractivity contribution in [3.8, 4) is 0 Å². The molecule has 0 heterocycles. The Kier molecular flexibility index (Phi) is 3.73. The lowest BCUT2D eigenvalue weighted by molar-refractivity contribution is 0.249. The Morgan fingerprint density at radius 2 is 2.38 bits per heavy atom. The first-order valence-electron chi connectivity index (χ1n) is 4.77. The predicted octanol–water partition coefficient (Wildman–Crippen LogP) is 1.47. The van der Waals surface area contributed by atoms with Crippen molar-refractivity contribution in [3.05, 3.63) is 0 Å². The standard InChI is InChI=1S/C9H17N3O/c1-7-3-2-4-8(5-7)6-11-12-9(10)13/h6-8H,2-5H2,1H3,(H3,10,12,13)/b11-6+. The van der Waals surface area contributed by atoms with E-state index >= 15 is 0 Å². The Balaban J connectivity index is 2.27.